The quantitative estimate of drug-likeness (QED) is 0.445. The molecule has 1 aromatic carbocycles. The zero-order valence-corrected chi connectivity index (χ0v) is 13.7. The van der Waals surface area contributed by atoms with Crippen molar-refractivity contribution in [1.29, 1.82) is 0 Å². The molecule has 20 heavy (non-hydrogen) atoms. The summed E-state index contributed by atoms with van der Waals surface area (Å²) in [7, 11) is 1.87. The largest absolute Gasteiger partial charge is 0.398 e. The van der Waals surface area contributed by atoms with Crippen molar-refractivity contribution >= 4 is 33.2 Å². The van der Waals surface area contributed by atoms with Crippen LogP contribution >= 0.6 is 27.5 Å². The molecule has 0 aliphatic carbocycles. The molecule has 1 unspecified atom stereocenters. The summed E-state index contributed by atoms with van der Waals surface area (Å²) in [5.74, 6) is 5.68. The predicted octanol–water partition coefficient (Wildman–Crippen LogP) is 2.47. The van der Waals surface area contributed by atoms with E-state index in [4.69, 9.17) is 23.2 Å². The van der Waals surface area contributed by atoms with Crippen molar-refractivity contribution < 1.29 is 0 Å². The van der Waals surface area contributed by atoms with Crippen LogP contribution in [0.25, 0.3) is 0 Å². The lowest BCUT2D eigenvalue weighted by Crippen LogP contribution is -2.30. The second kappa shape index (κ2) is 6.13. The SMILES string of the molecule is Cc1nn(C)c(CC(NN)c2cc(Br)ccc2N)c1Cl. The van der Waals surface area contributed by atoms with Crippen molar-refractivity contribution in [2.24, 2.45) is 12.9 Å². The van der Waals surface area contributed by atoms with Gasteiger partial charge in [-0.25, -0.2) is 0 Å². The molecule has 1 heterocycles. The van der Waals surface area contributed by atoms with Gasteiger partial charge in [-0.15, -0.1) is 0 Å². The van der Waals surface area contributed by atoms with Gasteiger partial charge in [-0.2, -0.15) is 5.10 Å². The number of aryl methyl sites for hydroxylation is 2. The average Bonchev–Trinajstić information content (AvgIpc) is 2.65. The number of nitrogens with zero attached hydrogens (tertiary/aromatic N) is 2. The van der Waals surface area contributed by atoms with Gasteiger partial charge in [-0.05, 0) is 30.7 Å². The molecule has 0 saturated carbocycles. The van der Waals surface area contributed by atoms with Crippen LogP contribution in [0.1, 0.15) is 23.0 Å². The number of rotatable bonds is 4. The molecule has 0 saturated heterocycles. The first-order valence-electron chi connectivity index (χ1n) is 6.13. The highest BCUT2D eigenvalue weighted by Gasteiger charge is 2.19. The first-order valence-corrected chi connectivity index (χ1v) is 7.30. The smallest absolute Gasteiger partial charge is 0.0847 e. The van der Waals surface area contributed by atoms with Gasteiger partial charge < -0.3 is 5.73 Å². The van der Waals surface area contributed by atoms with Crippen LogP contribution in [0.15, 0.2) is 22.7 Å². The molecule has 0 aliphatic heterocycles. The predicted molar refractivity (Wildman–Crippen MR) is 85.3 cm³/mol. The summed E-state index contributed by atoms with van der Waals surface area (Å²) < 4.78 is 2.73. The fraction of sp³-hybridized carbons (Fsp3) is 0.308. The highest BCUT2D eigenvalue weighted by molar-refractivity contribution is 9.10. The lowest BCUT2D eigenvalue weighted by Gasteiger charge is -2.19. The number of nitrogens with two attached hydrogens (primary N) is 2. The molecule has 0 spiro atoms. The molecule has 2 rings (SSSR count). The van der Waals surface area contributed by atoms with E-state index in [1.807, 2.05) is 32.2 Å². The lowest BCUT2D eigenvalue weighted by atomic mass is 10.0. The molecule has 5 N–H and O–H groups in total. The molecule has 1 aromatic heterocycles. The van der Waals surface area contributed by atoms with Crippen LogP contribution in [0.5, 0.6) is 0 Å². The molecular weight excluding hydrogens is 342 g/mol. The van der Waals surface area contributed by atoms with Crippen molar-refractivity contribution in [3.63, 3.8) is 0 Å². The minimum Gasteiger partial charge on any atom is -0.398 e. The minimum absolute atomic E-state index is 0.139. The van der Waals surface area contributed by atoms with Gasteiger partial charge >= 0.3 is 0 Å². The van der Waals surface area contributed by atoms with Gasteiger partial charge in [0.1, 0.15) is 0 Å². The zero-order valence-electron chi connectivity index (χ0n) is 11.3. The van der Waals surface area contributed by atoms with E-state index in [-0.39, 0.29) is 6.04 Å². The summed E-state index contributed by atoms with van der Waals surface area (Å²) in [6, 6.07) is 5.56. The van der Waals surface area contributed by atoms with E-state index in [1.54, 1.807) is 4.68 Å². The number of hydrogen-bond donors (Lipinski definition) is 3. The lowest BCUT2D eigenvalue weighted by molar-refractivity contribution is 0.531. The number of nitrogens with one attached hydrogen (secondary N) is 1. The van der Waals surface area contributed by atoms with Crippen molar-refractivity contribution in [2.75, 3.05) is 5.73 Å². The van der Waals surface area contributed by atoms with Gasteiger partial charge in [0.25, 0.3) is 0 Å². The van der Waals surface area contributed by atoms with Crippen LogP contribution in [0.2, 0.25) is 5.02 Å². The maximum atomic E-state index is 6.28. The highest BCUT2D eigenvalue weighted by Crippen LogP contribution is 2.29. The van der Waals surface area contributed by atoms with Crippen LogP contribution in [-0.2, 0) is 13.5 Å². The Kier molecular flexibility index (Phi) is 4.70. The Morgan fingerprint density at radius 2 is 2.20 bits per heavy atom. The van der Waals surface area contributed by atoms with E-state index in [2.05, 4.69) is 26.5 Å². The molecule has 0 aliphatic rings. The van der Waals surface area contributed by atoms with E-state index in [9.17, 15) is 0 Å². The summed E-state index contributed by atoms with van der Waals surface area (Å²) >= 11 is 9.73. The summed E-state index contributed by atoms with van der Waals surface area (Å²) in [6.07, 6.45) is 0.604. The first-order chi connectivity index (χ1) is 9.43. The van der Waals surface area contributed by atoms with Gasteiger partial charge in [-0.3, -0.25) is 16.0 Å². The van der Waals surface area contributed by atoms with Crippen molar-refractivity contribution in [1.82, 2.24) is 15.2 Å². The number of benzene rings is 1. The van der Waals surface area contributed by atoms with Crippen molar-refractivity contribution in [3.05, 3.63) is 44.6 Å². The molecule has 1 atom stereocenters. The van der Waals surface area contributed by atoms with Gasteiger partial charge in [0.15, 0.2) is 0 Å². The molecule has 7 heteroatoms. The minimum atomic E-state index is -0.139. The Morgan fingerprint density at radius 1 is 1.50 bits per heavy atom. The molecule has 5 nitrogen and oxygen atoms in total. The molecule has 0 bridgehead atoms. The third-order valence-electron chi connectivity index (χ3n) is 3.28. The fourth-order valence-electron chi connectivity index (χ4n) is 2.20. The molecule has 0 amide bonds. The molecule has 2 aromatic rings. The second-order valence-electron chi connectivity index (χ2n) is 4.67. The third-order valence-corrected chi connectivity index (χ3v) is 4.27. The molecule has 0 fully saturated rings. The van der Waals surface area contributed by atoms with Crippen molar-refractivity contribution in [3.8, 4) is 0 Å². The topological polar surface area (TPSA) is 81.9 Å². The number of halogens is 2. The Morgan fingerprint density at radius 3 is 2.75 bits per heavy atom. The Bertz CT molecular complexity index is 625. The summed E-state index contributed by atoms with van der Waals surface area (Å²) in [6.45, 7) is 1.88. The maximum Gasteiger partial charge on any atom is 0.0847 e. The Hall–Kier alpha value is -1.08. The zero-order chi connectivity index (χ0) is 14.9. The molecule has 0 radical (unpaired) electrons. The molecular formula is C13H17BrClN5. The van der Waals surface area contributed by atoms with E-state index < -0.39 is 0 Å². The van der Waals surface area contributed by atoms with Crippen LogP contribution in [0, 0.1) is 6.92 Å². The average molecular weight is 359 g/mol. The van der Waals surface area contributed by atoms with E-state index >= 15 is 0 Å². The third kappa shape index (κ3) is 2.98. The fourth-order valence-corrected chi connectivity index (χ4v) is 2.82. The summed E-state index contributed by atoms with van der Waals surface area (Å²) in [5.41, 5.74) is 12.2. The second-order valence-corrected chi connectivity index (χ2v) is 5.96. The Labute approximate surface area is 131 Å². The number of aromatic nitrogens is 2. The van der Waals surface area contributed by atoms with E-state index in [1.165, 1.54) is 0 Å². The Balaban J connectivity index is 2.36. The van der Waals surface area contributed by atoms with Crippen LogP contribution in [0.3, 0.4) is 0 Å². The normalized spacial score (nSPS) is 12.7. The molecule has 108 valence electrons. The van der Waals surface area contributed by atoms with Gasteiger partial charge in [-0.1, -0.05) is 27.5 Å². The summed E-state index contributed by atoms with van der Waals surface area (Å²) in [5, 5.41) is 4.98. The number of hydrogen-bond acceptors (Lipinski definition) is 4. The van der Waals surface area contributed by atoms with E-state index in [0.29, 0.717) is 17.1 Å². The standard InChI is InChI=1S/C13H17BrClN5/c1-7-13(15)12(20(2)19-7)6-11(18-17)9-5-8(14)3-4-10(9)16/h3-5,11,18H,6,16-17H2,1-2H3. The van der Waals surface area contributed by atoms with Gasteiger partial charge in [0.05, 0.1) is 22.5 Å². The summed E-state index contributed by atoms with van der Waals surface area (Å²) in [4.78, 5) is 0. The monoisotopic (exact) mass is 357 g/mol. The highest BCUT2D eigenvalue weighted by atomic mass is 79.9. The van der Waals surface area contributed by atoms with Crippen LogP contribution in [-0.4, -0.2) is 9.78 Å². The first kappa shape index (κ1) is 15.3. The number of nitrogen functional groups attached to an aromatic ring is 1. The number of anilines is 1. The van der Waals surface area contributed by atoms with E-state index in [0.717, 1.165) is 21.4 Å². The number of hydrazine groups is 1. The maximum absolute atomic E-state index is 6.28. The van der Waals surface area contributed by atoms with Crippen molar-refractivity contribution in [2.45, 2.75) is 19.4 Å². The van der Waals surface area contributed by atoms with Crippen LogP contribution in [0.4, 0.5) is 5.69 Å². The van der Waals surface area contributed by atoms with Crippen LogP contribution < -0.4 is 17.0 Å². The van der Waals surface area contributed by atoms with Gasteiger partial charge in [0.2, 0.25) is 0 Å². The van der Waals surface area contributed by atoms with Gasteiger partial charge in [0, 0.05) is 23.6 Å².